The van der Waals surface area contributed by atoms with Crippen LogP contribution in [0.1, 0.15) is 75.0 Å². The summed E-state index contributed by atoms with van der Waals surface area (Å²) in [7, 11) is 0. The number of fused-ring (bicyclic) bond motifs is 5. The van der Waals surface area contributed by atoms with E-state index in [9.17, 15) is 5.11 Å². The zero-order valence-electron chi connectivity index (χ0n) is 17.0. The Balaban J connectivity index is 1.59. The average Bonchev–Trinajstić information content (AvgIpc) is 3.04. The van der Waals surface area contributed by atoms with E-state index >= 15 is 0 Å². The summed E-state index contributed by atoms with van der Waals surface area (Å²) in [5.41, 5.74) is 4.62. The molecular weight excluding hydrogens is 374 g/mol. The van der Waals surface area contributed by atoms with Gasteiger partial charge in [0.05, 0.1) is 0 Å². The highest BCUT2D eigenvalue weighted by molar-refractivity contribution is 7.90. The summed E-state index contributed by atoms with van der Waals surface area (Å²) in [6, 6.07) is 4.59. The lowest BCUT2D eigenvalue weighted by molar-refractivity contribution is -0.199. The highest BCUT2D eigenvalue weighted by Crippen LogP contribution is 2.63. The molecule has 28 heavy (non-hydrogen) atoms. The van der Waals surface area contributed by atoms with Crippen LogP contribution in [0.25, 0.3) is 0 Å². The first-order valence-electron chi connectivity index (χ1n) is 10.8. The number of nitrogens with two attached hydrogens (primary N) is 1. The van der Waals surface area contributed by atoms with Crippen molar-refractivity contribution in [1.82, 2.24) is 0 Å². The fraction of sp³-hybridized carbons (Fsp3) is 0.727. The van der Waals surface area contributed by atoms with E-state index in [-0.39, 0.29) is 0 Å². The average molecular weight is 408 g/mol. The summed E-state index contributed by atoms with van der Waals surface area (Å²) >= 11 is 0.759. The van der Waals surface area contributed by atoms with Gasteiger partial charge in [-0.3, -0.25) is 0 Å². The van der Waals surface area contributed by atoms with Crippen molar-refractivity contribution >= 4 is 12.3 Å². The summed E-state index contributed by atoms with van der Waals surface area (Å²) < 4.78 is 10.3. The van der Waals surface area contributed by atoms with E-state index in [0.717, 1.165) is 49.2 Å². The van der Waals surface area contributed by atoms with Crippen LogP contribution in [0.15, 0.2) is 12.1 Å². The van der Waals surface area contributed by atoms with Crippen LogP contribution in [-0.2, 0) is 22.2 Å². The van der Waals surface area contributed by atoms with E-state index in [1.165, 1.54) is 43.2 Å². The van der Waals surface area contributed by atoms with E-state index in [2.05, 4.69) is 35.3 Å². The Morgan fingerprint density at radius 3 is 2.86 bits per heavy atom. The van der Waals surface area contributed by atoms with Gasteiger partial charge >= 0.3 is 0 Å². The number of rotatable bonds is 7. The van der Waals surface area contributed by atoms with E-state index in [4.69, 9.17) is 10.1 Å². The van der Waals surface area contributed by atoms with Gasteiger partial charge in [0, 0.05) is 6.61 Å². The number of aliphatic hydroxyl groups excluding tert-OH is 1. The Morgan fingerprint density at radius 2 is 2.11 bits per heavy atom. The zero-order valence-corrected chi connectivity index (χ0v) is 17.8. The minimum Gasteiger partial charge on any atom is -0.398 e. The molecular formula is C22H33NO4S. The Morgan fingerprint density at radius 1 is 1.25 bits per heavy atom. The van der Waals surface area contributed by atoms with E-state index in [0.29, 0.717) is 23.9 Å². The molecule has 0 aliphatic heterocycles. The van der Waals surface area contributed by atoms with Gasteiger partial charge in [0.1, 0.15) is 5.75 Å². The topological polar surface area (TPSA) is 73.9 Å². The first kappa shape index (κ1) is 20.5. The van der Waals surface area contributed by atoms with Crippen LogP contribution in [0.5, 0.6) is 5.75 Å². The molecule has 156 valence electrons. The normalized spacial score (nSPS) is 33.9. The molecule has 0 saturated heterocycles. The zero-order chi connectivity index (χ0) is 19.7. The second-order valence-electron chi connectivity index (χ2n) is 9.07. The predicted molar refractivity (Wildman–Crippen MR) is 110 cm³/mol. The van der Waals surface area contributed by atoms with Crippen LogP contribution in [-0.4, -0.2) is 11.7 Å². The van der Waals surface area contributed by atoms with Gasteiger partial charge in [-0.1, -0.05) is 19.9 Å². The molecule has 1 aromatic carbocycles. The molecule has 3 N–H and O–H groups in total. The quantitative estimate of drug-likeness (QED) is 0.291. The molecule has 0 spiro atoms. The monoisotopic (exact) mass is 407 g/mol. The van der Waals surface area contributed by atoms with Gasteiger partial charge in [-0.2, -0.15) is 5.90 Å². The Hall–Kier alpha value is -0.790. The molecule has 3 aliphatic carbocycles. The minimum atomic E-state index is 0.337. The van der Waals surface area contributed by atoms with Crippen molar-refractivity contribution in [2.75, 3.05) is 6.61 Å². The molecule has 0 aromatic heterocycles. The largest absolute Gasteiger partial charge is 0.398 e. The molecule has 0 unspecified atom stereocenters. The maximum Gasteiger partial charge on any atom is 0.260 e. The van der Waals surface area contributed by atoms with E-state index < -0.39 is 0 Å². The van der Waals surface area contributed by atoms with Gasteiger partial charge in [-0.15, -0.1) is 9.32 Å². The van der Waals surface area contributed by atoms with Crippen molar-refractivity contribution in [2.24, 2.45) is 29.1 Å². The van der Waals surface area contributed by atoms with Crippen molar-refractivity contribution in [1.29, 1.82) is 0 Å². The maximum absolute atomic E-state index is 9.52. The second kappa shape index (κ2) is 8.52. The number of hydrogen-bond donors (Lipinski definition) is 2. The van der Waals surface area contributed by atoms with Crippen molar-refractivity contribution in [3.05, 3.63) is 28.8 Å². The Labute approximate surface area is 172 Å². The molecule has 2 fully saturated rings. The molecule has 0 bridgehead atoms. The molecule has 0 heterocycles. The first-order valence-corrected chi connectivity index (χ1v) is 11.4. The molecule has 4 rings (SSSR count). The Kier molecular flexibility index (Phi) is 6.23. The predicted octanol–water partition coefficient (Wildman–Crippen LogP) is 4.87. The van der Waals surface area contributed by atoms with Crippen molar-refractivity contribution in [3.8, 4) is 5.75 Å². The summed E-state index contributed by atoms with van der Waals surface area (Å²) in [6.07, 6.45) is 9.49. The van der Waals surface area contributed by atoms with Crippen LogP contribution in [0.4, 0.5) is 0 Å². The lowest BCUT2D eigenvalue weighted by Crippen LogP contribution is -2.42. The van der Waals surface area contributed by atoms with Crippen LogP contribution < -0.4 is 10.1 Å². The molecule has 5 nitrogen and oxygen atoms in total. The van der Waals surface area contributed by atoms with Crippen molar-refractivity contribution in [2.45, 2.75) is 71.1 Å². The van der Waals surface area contributed by atoms with Crippen LogP contribution >= 0.6 is 12.3 Å². The van der Waals surface area contributed by atoms with Crippen LogP contribution in [0.2, 0.25) is 0 Å². The summed E-state index contributed by atoms with van der Waals surface area (Å²) in [5, 5.41) is 9.52. The van der Waals surface area contributed by atoms with Crippen LogP contribution in [0, 0.1) is 23.2 Å². The summed E-state index contributed by atoms with van der Waals surface area (Å²) in [5.74, 6) is 8.71. The summed E-state index contributed by atoms with van der Waals surface area (Å²) in [4.78, 5) is 4.12. The van der Waals surface area contributed by atoms with Gasteiger partial charge in [-0.05, 0) is 103 Å². The lowest BCUT2D eigenvalue weighted by atomic mass is 9.54. The fourth-order valence-electron chi connectivity index (χ4n) is 6.81. The van der Waals surface area contributed by atoms with E-state index in [1.54, 1.807) is 5.56 Å². The number of aliphatic hydroxyl groups is 1. The maximum atomic E-state index is 9.52. The first-order chi connectivity index (χ1) is 13.6. The third-order valence-electron chi connectivity index (χ3n) is 8.15. The van der Waals surface area contributed by atoms with Gasteiger partial charge in [0.2, 0.25) is 0 Å². The molecule has 0 radical (unpaired) electrons. The molecule has 5 atom stereocenters. The molecule has 0 amide bonds. The minimum absolute atomic E-state index is 0.337. The molecule has 3 aliphatic rings. The second-order valence-corrected chi connectivity index (χ2v) is 9.51. The van der Waals surface area contributed by atoms with Crippen molar-refractivity contribution in [3.63, 3.8) is 0 Å². The van der Waals surface area contributed by atoms with Gasteiger partial charge < -0.3 is 9.29 Å². The lowest BCUT2D eigenvalue weighted by Gasteiger charge is -2.51. The standard InChI is InChI=1S/C22H33NO4S/c1-3-14-12-19-15(13-21(14)25-28-27-26-23)4-6-18-17(19)8-10-22(2)16(9-11-24)5-7-20(18)22/h12-13,16-18,20,24H,3-11,23H2,1-2H3/t16-,17+,18-,20+,22-/m1/s1. The third-order valence-corrected chi connectivity index (χ3v) is 8.53. The van der Waals surface area contributed by atoms with Gasteiger partial charge in [0.25, 0.3) is 12.3 Å². The summed E-state index contributed by atoms with van der Waals surface area (Å²) in [6.45, 7) is 5.01. The smallest absolute Gasteiger partial charge is 0.260 e. The third kappa shape index (κ3) is 3.47. The number of benzene rings is 1. The molecule has 2 saturated carbocycles. The molecule has 6 heteroatoms. The van der Waals surface area contributed by atoms with Gasteiger partial charge in [-0.25, -0.2) is 0 Å². The Bertz CT molecular complexity index is 699. The van der Waals surface area contributed by atoms with E-state index in [1.807, 2.05) is 0 Å². The number of aryl methyl sites for hydroxylation is 2. The highest BCUT2D eigenvalue weighted by atomic mass is 32.2. The van der Waals surface area contributed by atoms with Crippen LogP contribution in [0.3, 0.4) is 0 Å². The number of hydrogen-bond acceptors (Lipinski definition) is 6. The van der Waals surface area contributed by atoms with Crippen molar-refractivity contribution < 1.29 is 18.6 Å². The SMILES string of the molecule is CCc1cc2c(cc1OSOON)CC[C@@H]1[C@@H]2CC[C@]2(C)[C@@H](CCO)CC[C@@H]12. The molecule has 1 aromatic rings. The highest BCUT2D eigenvalue weighted by Gasteiger charge is 2.54. The van der Waals surface area contributed by atoms with Gasteiger partial charge in [0.15, 0.2) is 0 Å². The fourth-order valence-corrected chi connectivity index (χ4v) is 7.09.